The van der Waals surface area contributed by atoms with Crippen molar-refractivity contribution in [1.29, 1.82) is 0 Å². The molecule has 3 rings (SSSR count). The number of aromatic amines is 1. The van der Waals surface area contributed by atoms with E-state index in [4.69, 9.17) is 26.2 Å². The minimum atomic E-state index is -1.06. The molecule has 1 aromatic carbocycles. The number of fused-ring (bicyclic) bond motifs is 1. The summed E-state index contributed by atoms with van der Waals surface area (Å²) in [5.74, 6) is 0.119. The highest BCUT2D eigenvalue weighted by atomic mass is 35.5. The van der Waals surface area contributed by atoms with Crippen LogP contribution in [-0.2, 0) is 6.42 Å². The highest BCUT2D eigenvalue weighted by molar-refractivity contribution is 6.32. The summed E-state index contributed by atoms with van der Waals surface area (Å²) in [6.45, 7) is 3.10. The van der Waals surface area contributed by atoms with Crippen molar-refractivity contribution < 1.29 is 19.4 Å². The molecule has 2 N–H and O–H groups in total. The molecule has 0 saturated carbocycles. The zero-order valence-electron chi connectivity index (χ0n) is 12.0. The summed E-state index contributed by atoms with van der Waals surface area (Å²) in [4.78, 5) is 11.0. The first-order valence-corrected chi connectivity index (χ1v) is 7.39. The van der Waals surface area contributed by atoms with Crippen LogP contribution in [0.15, 0.2) is 12.1 Å². The van der Waals surface area contributed by atoms with E-state index in [1.165, 1.54) is 6.07 Å². The molecule has 1 aliphatic rings. The summed E-state index contributed by atoms with van der Waals surface area (Å²) in [7, 11) is 0. The van der Waals surface area contributed by atoms with Crippen molar-refractivity contribution in [3.8, 4) is 22.8 Å². The van der Waals surface area contributed by atoms with E-state index >= 15 is 0 Å². The summed E-state index contributed by atoms with van der Waals surface area (Å²) in [5.41, 5.74) is 2.21. The zero-order valence-corrected chi connectivity index (χ0v) is 12.7. The molecule has 1 aromatic heterocycles. The Bertz CT molecular complexity index is 727. The second-order valence-corrected chi connectivity index (χ2v) is 5.33. The fourth-order valence-electron chi connectivity index (χ4n) is 2.49. The molecule has 0 aliphatic carbocycles. The highest BCUT2D eigenvalue weighted by Gasteiger charge is 2.23. The first-order chi connectivity index (χ1) is 10.6. The lowest BCUT2D eigenvalue weighted by atomic mass is 10.00. The van der Waals surface area contributed by atoms with Gasteiger partial charge < -0.3 is 14.6 Å². The van der Waals surface area contributed by atoms with Crippen molar-refractivity contribution in [2.45, 2.75) is 19.8 Å². The number of nitrogens with zero attached hydrogens (tertiary/aromatic N) is 1. The quantitative estimate of drug-likeness (QED) is 0.906. The largest absolute Gasteiger partial charge is 0.489 e. The Morgan fingerprint density at radius 3 is 2.73 bits per heavy atom. The molecule has 2 heterocycles. The van der Waals surface area contributed by atoms with Crippen LogP contribution in [0.5, 0.6) is 11.5 Å². The number of nitrogens with one attached hydrogen (secondary N) is 1. The standard InChI is InChI=1S/C15H15ClN2O4/c1-2-8-9(11-7-12(15(19)20)18-17-11)6-10(16)14-13(8)21-4-3-5-22-14/h6-7H,2-5H2,1H3,(H,17,18)(H,19,20). The van der Waals surface area contributed by atoms with Crippen LogP contribution in [0.2, 0.25) is 5.02 Å². The van der Waals surface area contributed by atoms with Crippen molar-refractivity contribution in [3.05, 3.63) is 28.4 Å². The molecular weight excluding hydrogens is 308 g/mol. The molecule has 0 unspecified atom stereocenters. The van der Waals surface area contributed by atoms with Gasteiger partial charge in [-0.1, -0.05) is 18.5 Å². The molecule has 0 spiro atoms. The summed E-state index contributed by atoms with van der Waals surface area (Å²) in [6, 6.07) is 3.23. The van der Waals surface area contributed by atoms with Crippen LogP contribution in [0.25, 0.3) is 11.3 Å². The van der Waals surface area contributed by atoms with Gasteiger partial charge in [0.1, 0.15) is 5.69 Å². The third-order valence-electron chi connectivity index (χ3n) is 3.51. The van der Waals surface area contributed by atoms with Gasteiger partial charge in [-0.05, 0) is 18.6 Å². The number of carboxylic acid groups (broad SMARTS) is 1. The first-order valence-electron chi connectivity index (χ1n) is 7.01. The van der Waals surface area contributed by atoms with Crippen molar-refractivity contribution >= 4 is 17.6 Å². The number of aromatic carboxylic acids is 1. The minimum absolute atomic E-state index is 0.0280. The normalized spacial score (nSPS) is 13.7. The van der Waals surface area contributed by atoms with Gasteiger partial charge in [0.15, 0.2) is 11.5 Å². The summed E-state index contributed by atoms with van der Waals surface area (Å²) in [5, 5.41) is 16.0. The van der Waals surface area contributed by atoms with Gasteiger partial charge in [-0.15, -0.1) is 0 Å². The Hall–Kier alpha value is -2.21. The van der Waals surface area contributed by atoms with Crippen molar-refractivity contribution in [2.75, 3.05) is 13.2 Å². The molecule has 22 heavy (non-hydrogen) atoms. The Balaban J connectivity index is 2.16. The Morgan fingerprint density at radius 2 is 2.09 bits per heavy atom. The van der Waals surface area contributed by atoms with Gasteiger partial charge in [0.2, 0.25) is 0 Å². The third kappa shape index (κ3) is 2.50. The predicted molar refractivity (Wildman–Crippen MR) is 81.0 cm³/mol. The molecule has 116 valence electrons. The topological polar surface area (TPSA) is 84.4 Å². The van der Waals surface area contributed by atoms with Crippen LogP contribution >= 0.6 is 11.6 Å². The number of benzene rings is 1. The van der Waals surface area contributed by atoms with Crippen LogP contribution in [0.1, 0.15) is 29.4 Å². The van der Waals surface area contributed by atoms with Gasteiger partial charge >= 0.3 is 5.97 Å². The van der Waals surface area contributed by atoms with Crippen LogP contribution < -0.4 is 9.47 Å². The van der Waals surface area contributed by atoms with Crippen LogP contribution in [0, 0.1) is 0 Å². The van der Waals surface area contributed by atoms with Gasteiger partial charge in [-0.3, -0.25) is 5.10 Å². The van der Waals surface area contributed by atoms with E-state index in [-0.39, 0.29) is 5.69 Å². The fraction of sp³-hybridized carbons (Fsp3) is 0.333. The maximum Gasteiger partial charge on any atom is 0.353 e. The maximum atomic E-state index is 11.0. The molecule has 0 saturated heterocycles. The lowest BCUT2D eigenvalue weighted by Gasteiger charge is -2.16. The SMILES string of the molecule is CCc1c(-c2cc(C(=O)O)[nH]n2)cc(Cl)c2c1OCCCO2. The Morgan fingerprint density at radius 1 is 1.36 bits per heavy atom. The Kier molecular flexibility index (Phi) is 3.94. The number of carboxylic acids is 1. The second kappa shape index (κ2) is 5.88. The third-order valence-corrected chi connectivity index (χ3v) is 3.79. The summed E-state index contributed by atoms with van der Waals surface area (Å²) in [6.07, 6.45) is 1.47. The van der Waals surface area contributed by atoms with Gasteiger partial charge in [0.05, 0.1) is 23.9 Å². The molecule has 2 aromatic rings. The van der Waals surface area contributed by atoms with E-state index in [1.54, 1.807) is 6.07 Å². The number of ether oxygens (including phenoxy) is 2. The smallest absolute Gasteiger partial charge is 0.353 e. The maximum absolute atomic E-state index is 11.0. The van der Waals surface area contributed by atoms with Crippen molar-refractivity contribution in [1.82, 2.24) is 10.2 Å². The first kappa shape index (κ1) is 14.7. The average molecular weight is 323 g/mol. The van der Waals surface area contributed by atoms with E-state index in [0.29, 0.717) is 41.9 Å². The van der Waals surface area contributed by atoms with Crippen LogP contribution in [0.4, 0.5) is 0 Å². The molecule has 7 heteroatoms. The average Bonchev–Trinajstić information content (AvgIpc) is 2.86. The number of rotatable bonds is 3. The molecule has 0 radical (unpaired) electrons. The number of carbonyl (C=O) groups is 1. The summed E-state index contributed by atoms with van der Waals surface area (Å²) >= 11 is 6.31. The number of H-pyrrole nitrogens is 1. The van der Waals surface area contributed by atoms with Crippen LogP contribution in [-0.4, -0.2) is 34.5 Å². The fourth-order valence-corrected chi connectivity index (χ4v) is 2.74. The number of hydrogen-bond acceptors (Lipinski definition) is 4. The van der Waals surface area contributed by atoms with Crippen LogP contribution in [0.3, 0.4) is 0 Å². The van der Waals surface area contributed by atoms with Crippen molar-refractivity contribution in [3.63, 3.8) is 0 Å². The molecule has 1 aliphatic heterocycles. The van der Waals surface area contributed by atoms with Gasteiger partial charge in [0, 0.05) is 17.5 Å². The minimum Gasteiger partial charge on any atom is -0.489 e. The van der Waals surface area contributed by atoms with E-state index in [2.05, 4.69) is 10.2 Å². The van der Waals surface area contributed by atoms with Gasteiger partial charge in [0.25, 0.3) is 0 Å². The monoisotopic (exact) mass is 322 g/mol. The number of hydrogen-bond donors (Lipinski definition) is 2. The Labute approximate surface area is 132 Å². The van der Waals surface area contributed by atoms with E-state index in [9.17, 15) is 4.79 Å². The lowest BCUT2D eigenvalue weighted by Crippen LogP contribution is -2.00. The molecule has 6 nitrogen and oxygen atoms in total. The second-order valence-electron chi connectivity index (χ2n) is 4.92. The van der Waals surface area contributed by atoms with Gasteiger partial charge in [-0.2, -0.15) is 5.10 Å². The number of halogens is 1. The summed E-state index contributed by atoms with van der Waals surface area (Å²) < 4.78 is 11.5. The van der Waals surface area contributed by atoms with E-state index in [0.717, 1.165) is 17.5 Å². The molecule has 0 fully saturated rings. The molecule has 0 atom stereocenters. The molecular formula is C15H15ClN2O4. The molecule has 0 bridgehead atoms. The van der Waals surface area contributed by atoms with E-state index < -0.39 is 5.97 Å². The van der Waals surface area contributed by atoms with E-state index in [1.807, 2.05) is 6.92 Å². The zero-order chi connectivity index (χ0) is 15.7. The van der Waals surface area contributed by atoms with Crippen molar-refractivity contribution in [2.24, 2.45) is 0 Å². The lowest BCUT2D eigenvalue weighted by molar-refractivity contribution is 0.0690. The number of aromatic nitrogens is 2. The molecule has 0 amide bonds. The highest BCUT2D eigenvalue weighted by Crippen LogP contribution is 2.44. The van der Waals surface area contributed by atoms with Gasteiger partial charge in [-0.25, -0.2) is 4.79 Å². The predicted octanol–water partition coefficient (Wildman–Crippen LogP) is 3.15.